The summed E-state index contributed by atoms with van der Waals surface area (Å²) in [5.74, 6) is 0.0959. The summed E-state index contributed by atoms with van der Waals surface area (Å²) in [7, 11) is 0. The number of rotatable bonds is 4. The minimum absolute atomic E-state index is 0.0547. The van der Waals surface area contributed by atoms with Crippen molar-refractivity contribution >= 4 is 27.7 Å². The van der Waals surface area contributed by atoms with E-state index in [1.165, 1.54) is 0 Å². The van der Waals surface area contributed by atoms with Crippen LogP contribution >= 0.6 is 15.9 Å². The number of carbonyl (C=O) groups is 1. The zero-order valence-electron chi connectivity index (χ0n) is 10.6. The molecule has 0 bridgehead atoms. The molecule has 1 atom stereocenters. The van der Waals surface area contributed by atoms with Crippen molar-refractivity contribution in [2.45, 2.75) is 25.8 Å². The zero-order chi connectivity index (χ0) is 14.0. The van der Waals surface area contributed by atoms with Crippen molar-refractivity contribution < 1.29 is 10.0 Å². The summed E-state index contributed by atoms with van der Waals surface area (Å²) in [5, 5.41) is 14.6. The molecule has 1 aromatic rings. The maximum Gasteiger partial charge on any atom is 0.253 e. The fourth-order valence-corrected chi connectivity index (χ4v) is 2.62. The number of amidine groups is 1. The number of carbonyl (C=O) groups excluding carboxylic acids is 1. The highest BCUT2D eigenvalue weighted by Crippen LogP contribution is 2.33. The normalized spacial score (nSPS) is 17.1. The number of halogens is 1. The average Bonchev–Trinajstić information content (AvgIpc) is 3.19. The summed E-state index contributed by atoms with van der Waals surface area (Å²) < 4.78 is 0.735. The lowest BCUT2D eigenvalue weighted by molar-refractivity contribution is 0.0942. The molecule has 19 heavy (non-hydrogen) atoms. The second-order valence-corrected chi connectivity index (χ2v) is 5.65. The van der Waals surface area contributed by atoms with Crippen LogP contribution in [0.2, 0.25) is 0 Å². The Morgan fingerprint density at radius 2 is 2.26 bits per heavy atom. The Labute approximate surface area is 120 Å². The Morgan fingerprint density at radius 1 is 1.58 bits per heavy atom. The van der Waals surface area contributed by atoms with Gasteiger partial charge in [0, 0.05) is 4.47 Å². The summed E-state index contributed by atoms with van der Waals surface area (Å²) in [4.78, 5) is 12.2. The van der Waals surface area contributed by atoms with Gasteiger partial charge in [-0.2, -0.15) is 0 Å². The number of nitrogens with zero attached hydrogens (tertiary/aromatic N) is 1. The lowest BCUT2D eigenvalue weighted by atomic mass is 10.1. The van der Waals surface area contributed by atoms with Crippen molar-refractivity contribution in [3.8, 4) is 0 Å². The molecule has 1 unspecified atom stereocenters. The lowest BCUT2D eigenvalue weighted by Crippen LogP contribution is -2.46. The molecule has 0 saturated heterocycles. The quantitative estimate of drug-likeness (QED) is 0.342. The molecule has 1 aromatic carbocycles. The van der Waals surface area contributed by atoms with Crippen molar-refractivity contribution in [1.29, 1.82) is 0 Å². The minimum Gasteiger partial charge on any atom is -0.409 e. The van der Waals surface area contributed by atoms with Gasteiger partial charge in [0.25, 0.3) is 5.91 Å². The summed E-state index contributed by atoms with van der Waals surface area (Å²) in [6.07, 6.45) is 1.96. The molecular formula is C13H16BrN3O2. The number of aryl methyl sites for hydroxylation is 1. The van der Waals surface area contributed by atoms with Gasteiger partial charge in [0.15, 0.2) is 5.84 Å². The molecular weight excluding hydrogens is 310 g/mol. The van der Waals surface area contributed by atoms with Gasteiger partial charge in [0.05, 0.1) is 11.6 Å². The monoisotopic (exact) mass is 325 g/mol. The highest BCUT2D eigenvalue weighted by Gasteiger charge is 2.35. The number of oxime groups is 1. The van der Waals surface area contributed by atoms with E-state index in [9.17, 15) is 4.79 Å². The number of hydrogen-bond donors (Lipinski definition) is 3. The van der Waals surface area contributed by atoms with Crippen molar-refractivity contribution in [2.75, 3.05) is 0 Å². The van der Waals surface area contributed by atoms with Gasteiger partial charge in [-0.1, -0.05) is 11.2 Å². The van der Waals surface area contributed by atoms with Crippen LogP contribution in [0.15, 0.2) is 27.8 Å². The smallest absolute Gasteiger partial charge is 0.253 e. The highest BCUT2D eigenvalue weighted by molar-refractivity contribution is 9.10. The Morgan fingerprint density at radius 3 is 2.79 bits per heavy atom. The first-order chi connectivity index (χ1) is 9.02. The Kier molecular flexibility index (Phi) is 4.09. The van der Waals surface area contributed by atoms with Gasteiger partial charge < -0.3 is 16.3 Å². The molecule has 0 radical (unpaired) electrons. The Balaban J connectivity index is 2.15. The van der Waals surface area contributed by atoms with Gasteiger partial charge in [-0.25, -0.2) is 0 Å². The van der Waals surface area contributed by atoms with Crippen LogP contribution in [0.3, 0.4) is 0 Å². The molecule has 5 nitrogen and oxygen atoms in total. The molecule has 0 aliphatic heterocycles. The van der Waals surface area contributed by atoms with E-state index in [1.54, 1.807) is 6.07 Å². The number of nitrogens with one attached hydrogen (secondary N) is 1. The van der Waals surface area contributed by atoms with Crippen molar-refractivity contribution in [3.63, 3.8) is 0 Å². The number of benzene rings is 1. The van der Waals surface area contributed by atoms with Crippen molar-refractivity contribution in [3.05, 3.63) is 33.8 Å². The van der Waals surface area contributed by atoms with Gasteiger partial charge in [0.1, 0.15) is 0 Å². The van der Waals surface area contributed by atoms with Gasteiger partial charge in [-0.15, -0.1) is 0 Å². The SMILES string of the molecule is Cc1ccc(C(=O)NC(/C(N)=N/O)C2CC2)c(Br)c1. The Hall–Kier alpha value is -1.56. The summed E-state index contributed by atoms with van der Waals surface area (Å²) in [5.41, 5.74) is 7.23. The first kappa shape index (κ1) is 13.9. The molecule has 0 heterocycles. The first-order valence-corrected chi connectivity index (χ1v) is 6.86. The fraction of sp³-hybridized carbons (Fsp3) is 0.385. The molecule has 1 saturated carbocycles. The molecule has 0 aromatic heterocycles. The standard InChI is InChI=1S/C13H16BrN3O2/c1-7-2-5-9(10(14)6-7)13(18)16-11(8-3-4-8)12(15)17-19/h2,5-6,8,11,19H,3-4H2,1H3,(H2,15,17)(H,16,18). The zero-order valence-corrected chi connectivity index (χ0v) is 12.1. The molecule has 0 spiro atoms. The average molecular weight is 326 g/mol. The molecule has 1 amide bonds. The van der Waals surface area contributed by atoms with Crippen molar-refractivity contribution in [1.82, 2.24) is 5.32 Å². The third-order valence-corrected chi connectivity index (χ3v) is 3.84. The predicted octanol–water partition coefficient (Wildman–Crippen LogP) is 2.01. The number of amides is 1. The van der Waals surface area contributed by atoms with Crippen LogP contribution in [-0.4, -0.2) is 23.0 Å². The van der Waals surface area contributed by atoms with Gasteiger partial charge >= 0.3 is 0 Å². The van der Waals surface area contributed by atoms with E-state index in [2.05, 4.69) is 26.4 Å². The minimum atomic E-state index is -0.397. The molecule has 2 rings (SSSR count). The second kappa shape index (κ2) is 5.61. The number of nitrogens with two attached hydrogens (primary N) is 1. The molecule has 1 aliphatic carbocycles. The van der Waals surface area contributed by atoms with Gasteiger partial charge in [0.2, 0.25) is 0 Å². The predicted molar refractivity (Wildman–Crippen MR) is 76.3 cm³/mol. The van der Waals surface area contributed by atoms with Crippen LogP contribution < -0.4 is 11.1 Å². The van der Waals surface area contributed by atoms with Crippen LogP contribution in [0.1, 0.15) is 28.8 Å². The van der Waals surface area contributed by atoms with E-state index in [-0.39, 0.29) is 17.7 Å². The molecule has 1 fully saturated rings. The van der Waals surface area contributed by atoms with E-state index >= 15 is 0 Å². The molecule has 102 valence electrons. The summed E-state index contributed by atoms with van der Waals surface area (Å²) >= 11 is 3.37. The maximum atomic E-state index is 12.2. The third-order valence-electron chi connectivity index (χ3n) is 3.18. The molecule has 6 heteroatoms. The van der Waals surface area contributed by atoms with E-state index in [0.29, 0.717) is 5.56 Å². The van der Waals surface area contributed by atoms with E-state index in [1.807, 2.05) is 19.1 Å². The Bertz CT molecular complexity index is 527. The third kappa shape index (κ3) is 3.26. The highest BCUT2D eigenvalue weighted by atomic mass is 79.9. The molecule has 4 N–H and O–H groups in total. The second-order valence-electron chi connectivity index (χ2n) is 4.80. The number of hydrogen-bond acceptors (Lipinski definition) is 3. The maximum absolute atomic E-state index is 12.2. The van der Waals surface area contributed by atoms with Crippen LogP contribution in [0.5, 0.6) is 0 Å². The van der Waals surface area contributed by atoms with E-state index in [0.717, 1.165) is 22.9 Å². The summed E-state index contributed by atoms with van der Waals surface area (Å²) in [6, 6.07) is 5.11. The fourth-order valence-electron chi connectivity index (χ4n) is 1.95. The molecule has 1 aliphatic rings. The van der Waals surface area contributed by atoms with Crippen LogP contribution in [0.4, 0.5) is 0 Å². The van der Waals surface area contributed by atoms with E-state index < -0.39 is 6.04 Å². The van der Waals surface area contributed by atoms with Gasteiger partial charge in [-0.3, -0.25) is 4.79 Å². The van der Waals surface area contributed by atoms with Gasteiger partial charge in [-0.05, 0) is 59.3 Å². The van der Waals surface area contributed by atoms with Crippen LogP contribution in [0.25, 0.3) is 0 Å². The lowest BCUT2D eigenvalue weighted by Gasteiger charge is -2.17. The largest absolute Gasteiger partial charge is 0.409 e. The van der Waals surface area contributed by atoms with E-state index in [4.69, 9.17) is 10.9 Å². The summed E-state index contributed by atoms with van der Waals surface area (Å²) in [6.45, 7) is 1.95. The van der Waals surface area contributed by atoms with Crippen molar-refractivity contribution in [2.24, 2.45) is 16.8 Å². The van der Waals surface area contributed by atoms with Crippen LogP contribution in [0, 0.1) is 12.8 Å². The topological polar surface area (TPSA) is 87.7 Å². The van der Waals surface area contributed by atoms with Crippen LogP contribution in [-0.2, 0) is 0 Å². The first-order valence-electron chi connectivity index (χ1n) is 6.07.